The Kier molecular flexibility index (Phi) is 16.5. The minimum Gasteiger partial charge on any atom is -0.462 e. The van der Waals surface area contributed by atoms with Crippen molar-refractivity contribution in [2.45, 2.75) is 62.9 Å². The Balaban J connectivity index is 0.692. The van der Waals surface area contributed by atoms with Crippen LogP contribution in [0.2, 0.25) is 0 Å². The zero-order valence-corrected chi connectivity index (χ0v) is 41.2. The van der Waals surface area contributed by atoms with E-state index in [1.54, 1.807) is 23.1 Å². The van der Waals surface area contributed by atoms with Crippen molar-refractivity contribution in [3.63, 3.8) is 0 Å². The standard InChI is InChI=1S/C53H62N10O10/c1-3-47(65)62-22-21-61(31-36(62)16-18-54)49-40-17-20-60(44-13-6-9-35-8-4-5-10-39(35)44)33-43(40)56-53(58-49)73-34-37-30-38(32-59(37)2)72-29-28-71-27-26-70-25-24-69-23-19-55-42-12-7-11-41-48(42)52(68)63(51(41)67)45-14-15-46(64)57-50(45)66/h3-13,36-38,45,55H,1,14-17,19-34H2,2H3,(H,57,64,66). The van der Waals surface area contributed by atoms with Gasteiger partial charge in [0.25, 0.3) is 11.8 Å². The van der Waals surface area contributed by atoms with Crippen molar-refractivity contribution in [2.24, 2.45) is 0 Å². The molecule has 0 aliphatic carbocycles. The number of likely N-dealkylation sites (N-methyl/N-ethyl adjacent to an activating group) is 1. The number of ether oxygens (including phenoxy) is 5. The predicted octanol–water partition coefficient (Wildman–Crippen LogP) is 3.34. The molecule has 0 bridgehead atoms. The SMILES string of the molecule is C=CC(=O)N1CCN(c2nc(OCC3CC(OCCOCCOCCOCCNc4cccc5c4C(=O)N(C4CCC(=O)NC4=O)C5=O)CN3C)nc3c2CCN(c2cccc4ccccc24)C3)CC1CC#N. The number of nitrogens with zero attached hydrogens (tertiary/aromatic N) is 8. The van der Waals surface area contributed by atoms with Crippen molar-refractivity contribution in [1.29, 1.82) is 5.26 Å². The number of piperazine rings is 1. The lowest BCUT2D eigenvalue weighted by Crippen LogP contribution is -2.55. The van der Waals surface area contributed by atoms with E-state index in [0.717, 1.165) is 53.6 Å². The lowest BCUT2D eigenvalue weighted by Gasteiger charge is -2.42. The molecule has 384 valence electrons. The Morgan fingerprint density at radius 1 is 0.863 bits per heavy atom. The third kappa shape index (κ3) is 11.6. The Labute approximate surface area is 424 Å². The monoisotopic (exact) mass is 998 g/mol. The van der Waals surface area contributed by atoms with Gasteiger partial charge in [-0.3, -0.25) is 39.1 Å². The number of anilines is 3. The van der Waals surface area contributed by atoms with E-state index in [9.17, 15) is 29.2 Å². The Hall–Kier alpha value is -7.02. The third-order valence-electron chi connectivity index (χ3n) is 14.1. The van der Waals surface area contributed by atoms with E-state index in [4.69, 9.17) is 33.7 Å². The molecule has 3 aromatic carbocycles. The van der Waals surface area contributed by atoms with E-state index in [1.807, 2.05) is 0 Å². The molecule has 2 N–H and O–H groups in total. The van der Waals surface area contributed by atoms with Crippen molar-refractivity contribution >= 4 is 57.5 Å². The minimum atomic E-state index is -1.03. The van der Waals surface area contributed by atoms with Gasteiger partial charge in [-0.25, -0.2) is 0 Å². The molecule has 4 unspecified atom stereocenters. The summed E-state index contributed by atoms with van der Waals surface area (Å²) in [7, 11) is 2.06. The summed E-state index contributed by atoms with van der Waals surface area (Å²) in [5, 5.41) is 17.4. The van der Waals surface area contributed by atoms with Crippen LogP contribution in [-0.4, -0.2) is 178 Å². The first-order valence-electron chi connectivity index (χ1n) is 25.1. The highest BCUT2D eigenvalue weighted by Crippen LogP contribution is 2.36. The van der Waals surface area contributed by atoms with Crippen LogP contribution < -0.4 is 25.2 Å². The van der Waals surface area contributed by atoms with Gasteiger partial charge in [-0.1, -0.05) is 49.0 Å². The van der Waals surface area contributed by atoms with Crippen molar-refractivity contribution in [2.75, 3.05) is 114 Å². The molecule has 6 heterocycles. The lowest BCUT2D eigenvalue weighted by atomic mass is 10.0. The molecule has 3 saturated heterocycles. The first-order chi connectivity index (χ1) is 35.6. The number of aromatic nitrogens is 2. The average molecular weight is 999 g/mol. The number of piperidine rings is 1. The van der Waals surface area contributed by atoms with Crippen molar-refractivity contribution in [3.05, 3.63) is 95.7 Å². The number of nitrogens with one attached hydrogen (secondary N) is 2. The van der Waals surface area contributed by atoms with E-state index in [-0.39, 0.29) is 54.5 Å². The van der Waals surface area contributed by atoms with Crippen molar-refractivity contribution < 1.29 is 47.7 Å². The molecule has 5 aliphatic heterocycles. The zero-order valence-electron chi connectivity index (χ0n) is 41.2. The van der Waals surface area contributed by atoms with Crippen LogP contribution in [-0.2, 0) is 46.3 Å². The van der Waals surface area contributed by atoms with Gasteiger partial charge in [0.2, 0.25) is 17.7 Å². The van der Waals surface area contributed by atoms with E-state index < -0.39 is 29.7 Å². The number of imide groups is 2. The second-order valence-electron chi connectivity index (χ2n) is 18.7. The Morgan fingerprint density at radius 2 is 1.63 bits per heavy atom. The Morgan fingerprint density at radius 3 is 2.42 bits per heavy atom. The summed E-state index contributed by atoms with van der Waals surface area (Å²) in [5.74, 6) is -1.57. The van der Waals surface area contributed by atoms with E-state index in [0.29, 0.717) is 97.3 Å². The highest BCUT2D eigenvalue weighted by atomic mass is 16.6. The molecule has 5 aliphatic rings. The molecule has 5 amide bonds. The van der Waals surface area contributed by atoms with Crippen LogP contribution in [0.4, 0.5) is 17.2 Å². The van der Waals surface area contributed by atoms with Crippen LogP contribution in [0.3, 0.4) is 0 Å². The molecule has 0 spiro atoms. The molecular weight excluding hydrogens is 937 g/mol. The number of nitriles is 1. The first-order valence-corrected chi connectivity index (χ1v) is 25.1. The molecule has 0 radical (unpaired) electrons. The average Bonchev–Trinajstić information content (AvgIpc) is 3.89. The molecule has 73 heavy (non-hydrogen) atoms. The second kappa shape index (κ2) is 23.7. The largest absolute Gasteiger partial charge is 0.462 e. The van der Waals surface area contributed by atoms with E-state index >= 15 is 0 Å². The maximum Gasteiger partial charge on any atom is 0.318 e. The fourth-order valence-electron chi connectivity index (χ4n) is 10.4. The zero-order chi connectivity index (χ0) is 50.8. The van der Waals surface area contributed by atoms with Gasteiger partial charge in [-0.05, 0) is 56.0 Å². The molecule has 3 fully saturated rings. The van der Waals surface area contributed by atoms with E-state index in [1.165, 1.54) is 16.8 Å². The fraction of sp³-hybridized carbons (Fsp3) is 0.472. The van der Waals surface area contributed by atoms with Crippen LogP contribution in [0.1, 0.15) is 57.7 Å². The molecule has 20 nitrogen and oxygen atoms in total. The summed E-state index contributed by atoms with van der Waals surface area (Å²) in [5.41, 5.74) is 4.00. The third-order valence-corrected chi connectivity index (χ3v) is 14.1. The number of fused-ring (bicyclic) bond motifs is 3. The normalized spacial score (nSPS) is 21.0. The maximum absolute atomic E-state index is 13.3. The summed E-state index contributed by atoms with van der Waals surface area (Å²) < 4.78 is 29.8. The van der Waals surface area contributed by atoms with Gasteiger partial charge in [0.05, 0.1) is 94.2 Å². The number of benzene rings is 3. The fourth-order valence-corrected chi connectivity index (χ4v) is 10.4. The molecule has 1 aromatic heterocycles. The van der Waals surface area contributed by atoms with Crippen LogP contribution in [0.5, 0.6) is 6.01 Å². The molecule has 4 aromatic rings. The van der Waals surface area contributed by atoms with Gasteiger partial charge in [0, 0.05) is 74.1 Å². The lowest BCUT2D eigenvalue weighted by molar-refractivity contribution is -0.136. The van der Waals surface area contributed by atoms with Gasteiger partial charge in [0.1, 0.15) is 18.5 Å². The topological polar surface area (TPSA) is 221 Å². The van der Waals surface area contributed by atoms with Crippen LogP contribution >= 0.6 is 0 Å². The Bertz CT molecular complexity index is 2750. The van der Waals surface area contributed by atoms with Gasteiger partial charge < -0.3 is 43.7 Å². The van der Waals surface area contributed by atoms with Crippen molar-refractivity contribution in [3.8, 4) is 12.1 Å². The molecule has 0 saturated carbocycles. The van der Waals surface area contributed by atoms with Gasteiger partial charge >= 0.3 is 6.01 Å². The summed E-state index contributed by atoms with van der Waals surface area (Å²) >= 11 is 0. The molecular formula is C53H62N10O10. The number of rotatable bonds is 22. The number of carbonyl (C=O) groups excluding carboxylic acids is 5. The van der Waals surface area contributed by atoms with Crippen LogP contribution in [0.25, 0.3) is 10.8 Å². The summed E-state index contributed by atoms with van der Waals surface area (Å²) in [6.45, 7) is 10.7. The van der Waals surface area contributed by atoms with E-state index in [2.05, 4.69) is 87.5 Å². The van der Waals surface area contributed by atoms with Crippen LogP contribution in [0, 0.1) is 11.3 Å². The minimum absolute atomic E-state index is 0.00399. The summed E-state index contributed by atoms with van der Waals surface area (Å²) in [4.78, 5) is 82.7. The first kappa shape index (κ1) is 50.9. The van der Waals surface area contributed by atoms with Crippen molar-refractivity contribution in [1.82, 2.24) is 30.0 Å². The molecule has 9 rings (SSSR count). The summed E-state index contributed by atoms with van der Waals surface area (Å²) in [6, 6.07) is 21.0. The second-order valence-corrected chi connectivity index (χ2v) is 18.7. The number of hydrogen-bond donors (Lipinski definition) is 2. The number of likely N-dealkylation sites (tertiary alicyclic amines) is 1. The van der Waals surface area contributed by atoms with Gasteiger partial charge in [-0.15, -0.1) is 0 Å². The predicted molar refractivity (Wildman–Crippen MR) is 269 cm³/mol. The highest BCUT2D eigenvalue weighted by Gasteiger charge is 2.46. The smallest absolute Gasteiger partial charge is 0.318 e. The number of hydrogen-bond acceptors (Lipinski definition) is 17. The highest BCUT2D eigenvalue weighted by molar-refractivity contribution is 6.25. The number of amides is 5. The van der Waals surface area contributed by atoms with Gasteiger partial charge in [-0.2, -0.15) is 15.2 Å². The molecule has 4 atom stereocenters. The maximum atomic E-state index is 13.3. The summed E-state index contributed by atoms with van der Waals surface area (Å²) in [6.07, 6.45) is 3.17. The quantitative estimate of drug-likeness (QED) is 0.0655. The molecule has 20 heteroatoms. The number of carbonyl (C=O) groups is 5. The van der Waals surface area contributed by atoms with Gasteiger partial charge in [0.15, 0.2) is 0 Å². The van der Waals surface area contributed by atoms with Crippen LogP contribution in [0.15, 0.2) is 73.3 Å².